The average molecular weight is 464 g/mol. The summed E-state index contributed by atoms with van der Waals surface area (Å²) in [6, 6.07) is 7.50. The fourth-order valence-electron chi connectivity index (χ4n) is 3.05. The molecule has 0 saturated carbocycles. The van der Waals surface area contributed by atoms with Gasteiger partial charge in [-0.25, -0.2) is 20.4 Å². The fourth-order valence-corrected chi connectivity index (χ4v) is 3.32. The van der Waals surface area contributed by atoms with E-state index in [1.54, 1.807) is 6.21 Å². The van der Waals surface area contributed by atoms with Gasteiger partial charge in [-0.3, -0.25) is 4.57 Å². The second kappa shape index (κ2) is 8.00. The molecule has 0 spiro atoms. The topological polar surface area (TPSA) is 164 Å². The molecule has 3 heterocycles. The standard InChI is InChI=1S/C17H18BrN7O4/c18-9-3-1-8(2-4-9)5-22-24-17-23-11-14(19)20-7-21-15(11)25(17)16-13(28)12(27)10(6-26)29-16/h1-5,7,10,12-13,16,26-28H,6H2,(H,23,24)(H2,19,20,21)/b22-5-/t10-,12-,13-,16-/m1/s1. The number of nitrogens with two attached hydrogens (primary N) is 1. The predicted molar refractivity (Wildman–Crippen MR) is 108 cm³/mol. The van der Waals surface area contributed by atoms with Crippen molar-refractivity contribution in [2.75, 3.05) is 17.8 Å². The summed E-state index contributed by atoms with van der Waals surface area (Å²) in [4.78, 5) is 12.4. The summed E-state index contributed by atoms with van der Waals surface area (Å²) in [6.07, 6.45) is -1.77. The first kappa shape index (κ1) is 19.7. The molecule has 152 valence electrons. The number of hydrogen-bond donors (Lipinski definition) is 5. The highest BCUT2D eigenvalue weighted by Crippen LogP contribution is 2.35. The highest BCUT2D eigenvalue weighted by molar-refractivity contribution is 9.10. The summed E-state index contributed by atoms with van der Waals surface area (Å²) < 4.78 is 7.99. The first-order valence-corrected chi connectivity index (χ1v) is 9.44. The third-order valence-electron chi connectivity index (χ3n) is 4.53. The summed E-state index contributed by atoms with van der Waals surface area (Å²) in [5, 5.41) is 34.1. The van der Waals surface area contributed by atoms with Crippen LogP contribution < -0.4 is 11.2 Å². The number of hydrogen-bond acceptors (Lipinski definition) is 10. The minimum absolute atomic E-state index is 0.139. The van der Waals surface area contributed by atoms with E-state index >= 15 is 0 Å². The Bertz CT molecular complexity index is 1040. The van der Waals surface area contributed by atoms with E-state index in [1.165, 1.54) is 10.9 Å². The lowest BCUT2D eigenvalue weighted by Crippen LogP contribution is -2.33. The van der Waals surface area contributed by atoms with Gasteiger partial charge in [0, 0.05) is 4.47 Å². The van der Waals surface area contributed by atoms with Crippen molar-refractivity contribution in [3.63, 3.8) is 0 Å². The van der Waals surface area contributed by atoms with Crippen molar-refractivity contribution in [2.24, 2.45) is 5.10 Å². The van der Waals surface area contributed by atoms with E-state index in [0.717, 1.165) is 10.0 Å². The SMILES string of the molecule is Nc1ncnc2c1nc(N/N=C\c1ccc(Br)cc1)n2[C@@H]1O[C@H](CO)[C@@H](O)[C@H]1O. The van der Waals surface area contributed by atoms with Gasteiger partial charge in [-0.1, -0.05) is 28.1 Å². The van der Waals surface area contributed by atoms with E-state index < -0.39 is 31.1 Å². The Hall–Kier alpha value is -2.64. The molecule has 0 bridgehead atoms. The van der Waals surface area contributed by atoms with Crippen molar-refractivity contribution in [2.45, 2.75) is 24.5 Å². The van der Waals surface area contributed by atoms with E-state index in [-0.39, 0.29) is 22.9 Å². The van der Waals surface area contributed by atoms with Gasteiger partial charge in [-0.05, 0) is 17.7 Å². The highest BCUT2D eigenvalue weighted by Gasteiger charge is 2.45. The molecule has 4 rings (SSSR count). The molecule has 12 heteroatoms. The molecule has 2 aromatic heterocycles. The molecular weight excluding hydrogens is 446 g/mol. The normalized spacial score (nSPS) is 24.6. The Morgan fingerprint density at radius 3 is 2.69 bits per heavy atom. The summed E-state index contributed by atoms with van der Waals surface area (Å²) in [7, 11) is 0. The molecule has 1 fully saturated rings. The van der Waals surface area contributed by atoms with E-state index in [9.17, 15) is 15.3 Å². The average Bonchev–Trinajstić information content (AvgIpc) is 3.22. The third-order valence-corrected chi connectivity index (χ3v) is 5.05. The number of imidazole rings is 1. The van der Waals surface area contributed by atoms with Crippen molar-refractivity contribution in [1.29, 1.82) is 0 Å². The molecule has 1 aromatic carbocycles. The maximum atomic E-state index is 10.4. The van der Waals surface area contributed by atoms with Crippen LogP contribution in [0.1, 0.15) is 11.8 Å². The Balaban J connectivity index is 1.71. The smallest absolute Gasteiger partial charge is 0.228 e. The number of aliphatic hydroxyl groups is 3. The van der Waals surface area contributed by atoms with Crippen molar-refractivity contribution >= 4 is 45.1 Å². The molecule has 6 N–H and O–H groups in total. The Labute approximate surface area is 173 Å². The molecular formula is C17H18BrN7O4. The minimum Gasteiger partial charge on any atom is -0.394 e. The van der Waals surface area contributed by atoms with Gasteiger partial charge >= 0.3 is 0 Å². The fraction of sp³-hybridized carbons (Fsp3) is 0.294. The minimum atomic E-state index is -1.32. The van der Waals surface area contributed by atoms with Gasteiger partial charge in [0.15, 0.2) is 23.2 Å². The van der Waals surface area contributed by atoms with Crippen LogP contribution in [-0.4, -0.2) is 66.0 Å². The van der Waals surface area contributed by atoms with E-state index in [0.29, 0.717) is 0 Å². The number of fused-ring (bicyclic) bond motifs is 1. The number of benzene rings is 1. The number of nitrogens with zero attached hydrogens (tertiary/aromatic N) is 5. The maximum absolute atomic E-state index is 10.4. The molecule has 1 aliphatic rings. The van der Waals surface area contributed by atoms with Crippen LogP contribution in [-0.2, 0) is 4.74 Å². The van der Waals surface area contributed by atoms with E-state index in [4.69, 9.17) is 10.5 Å². The zero-order chi connectivity index (χ0) is 20.5. The Morgan fingerprint density at radius 2 is 2.00 bits per heavy atom. The Kier molecular flexibility index (Phi) is 5.43. The van der Waals surface area contributed by atoms with Crippen LogP contribution in [0.25, 0.3) is 11.2 Å². The number of aliphatic hydroxyl groups excluding tert-OH is 3. The molecule has 29 heavy (non-hydrogen) atoms. The predicted octanol–water partition coefficient (Wildman–Crippen LogP) is 0.228. The maximum Gasteiger partial charge on any atom is 0.228 e. The first-order valence-electron chi connectivity index (χ1n) is 8.65. The molecule has 1 aliphatic heterocycles. The molecule has 0 radical (unpaired) electrons. The second-order valence-electron chi connectivity index (χ2n) is 6.39. The van der Waals surface area contributed by atoms with Crippen molar-refractivity contribution < 1.29 is 20.1 Å². The number of aromatic nitrogens is 4. The summed E-state index contributed by atoms with van der Waals surface area (Å²) in [5.74, 6) is 0.316. The highest BCUT2D eigenvalue weighted by atomic mass is 79.9. The lowest BCUT2D eigenvalue weighted by atomic mass is 10.1. The molecule has 1 saturated heterocycles. The summed E-state index contributed by atoms with van der Waals surface area (Å²) in [5.41, 5.74) is 10.1. The Morgan fingerprint density at radius 1 is 1.24 bits per heavy atom. The van der Waals surface area contributed by atoms with Crippen molar-refractivity contribution in [1.82, 2.24) is 19.5 Å². The summed E-state index contributed by atoms with van der Waals surface area (Å²) in [6.45, 7) is -0.455. The lowest BCUT2D eigenvalue weighted by molar-refractivity contribution is -0.0501. The van der Waals surface area contributed by atoms with Gasteiger partial charge in [0.2, 0.25) is 5.95 Å². The van der Waals surface area contributed by atoms with Crippen LogP contribution in [0.5, 0.6) is 0 Å². The molecule has 4 atom stereocenters. The van der Waals surface area contributed by atoms with Gasteiger partial charge < -0.3 is 25.8 Å². The van der Waals surface area contributed by atoms with Gasteiger partial charge in [-0.2, -0.15) is 5.10 Å². The van der Waals surface area contributed by atoms with Crippen molar-refractivity contribution in [3.8, 4) is 0 Å². The molecule has 0 unspecified atom stereocenters. The van der Waals surface area contributed by atoms with Crippen LogP contribution in [0, 0.1) is 0 Å². The van der Waals surface area contributed by atoms with Crippen LogP contribution >= 0.6 is 15.9 Å². The van der Waals surface area contributed by atoms with Crippen molar-refractivity contribution in [3.05, 3.63) is 40.6 Å². The summed E-state index contributed by atoms with van der Waals surface area (Å²) >= 11 is 3.37. The van der Waals surface area contributed by atoms with Gasteiger partial charge in [0.25, 0.3) is 0 Å². The van der Waals surface area contributed by atoms with Crippen LogP contribution in [0.2, 0.25) is 0 Å². The zero-order valence-corrected chi connectivity index (χ0v) is 16.5. The number of ether oxygens (including phenoxy) is 1. The molecule has 3 aromatic rings. The molecule has 0 amide bonds. The van der Waals surface area contributed by atoms with E-state index in [1.807, 2.05) is 24.3 Å². The van der Waals surface area contributed by atoms with Crippen LogP contribution in [0.3, 0.4) is 0 Å². The number of hydrazone groups is 1. The number of halogens is 1. The largest absolute Gasteiger partial charge is 0.394 e. The quantitative estimate of drug-likeness (QED) is 0.263. The number of nitrogen functional groups attached to an aromatic ring is 1. The lowest BCUT2D eigenvalue weighted by Gasteiger charge is -2.18. The van der Waals surface area contributed by atoms with Gasteiger partial charge in [0.05, 0.1) is 12.8 Å². The van der Waals surface area contributed by atoms with Gasteiger partial charge in [0.1, 0.15) is 24.6 Å². The van der Waals surface area contributed by atoms with E-state index in [2.05, 4.69) is 41.4 Å². The van der Waals surface area contributed by atoms with Gasteiger partial charge in [-0.15, -0.1) is 0 Å². The number of rotatable bonds is 5. The molecule has 11 nitrogen and oxygen atoms in total. The van der Waals surface area contributed by atoms with Crippen LogP contribution in [0.15, 0.2) is 40.2 Å². The molecule has 0 aliphatic carbocycles. The number of anilines is 2. The first-order chi connectivity index (χ1) is 14.0. The number of nitrogens with one attached hydrogen (secondary N) is 1. The monoisotopic (exact) mass is 463 g/mol. The third kappa shape index (κ3) is 3.68. The zero-order valence-electron chi connectivity index (χ0n) is 14.9. The second-order valence-corrected chi connectivity index (χ2v) is 7.30. The van der Waals surface area contributed by atoms with Crippen LogP contribution in [0.4, 0.5) is 11.8 Å².